The Labute approximate surface area is 259 Å². The standard InChI is InChI=1S/C33H46N4O7/c1-22-20-24(17-18-28(22)39)21-26(34)31(41)37-30(25-13-7-5-8-14-25)32(42)36-27(33(43)44)15-10-11-19-35-29(40)16-9-4-3-6-12-23(2)38/h5,7-8,13-14,17-18,20,26-27,30,39H,3-4,6,9-12,15-16,19,21,34H2,1-2H3,(H,35,40)(H,36,42)(H,37,41)(H,43,44)/t26-,27-,30?/m1/s1. The van der Waals surface area contributed by atoms with Crippen LogP contribution in [0.3, 0.4) is 0 Å². The molecule has 0 aliphatic heterocycles. The van der Waals surface area contributed by atoms with E-state index in [0.717, 1.165) is 31.2 Å². The lowest BCUT2D eigenvalue weighted by atomic mass is 10.0. The molecular weight excluding hydrogens is 564 g/mol. The van der Waals surface area contributed by atoms with Crippen molar-refractivity contribution in [3.63, 3.8) is 0 Å². The lowest BCUT2D eigenvalue weighted by molar-refractivity contribution is -0.142. The van der Waals surface area contributed by atoms with Gasteiger partial charge in [0.15, 0.2) is 0 Å². The molecule has 0 aliphatic carbocycles. The van der Waals surface area contributed by atoms with Gasteiger partial charge in [-0.1, -0.05) is 55.3 Å². The Morgan fingerprint density at radius 1 is 0.841 bits per heavy atom. The van der Waals surface area contributed by atoms with Crippen LogP contribution in [0.2, 0.25) is 0 Å². The second-order valence-corrected chi connectivity index (χ2v) is 11.1. The van der Waals surface area contributed by atoms with Crippen molar-refractivity contribution >= 4 is 29.5 Å². The molecule has 0 spiro atoms. The molecule has 3 amide bonds. The van der Waals surface area contributed by atoms with Gasteiger partial charge in [-0.2, -0.15) is 0 Å². The van der Waals surface area contributed by atoms with Crippen LogP contribution in [0.1, 0.15) is 87.4 Å². The number of amides is 3. The number of nitrogens with one attached hydrogen (secondary N) is 3. The van der Waals surface area contributed by atoms with Gasteiger partial charge < -0.3 is 36.7 Å². The van der Waals surface area contributed by atoms with Crippen molar-refractivity contribution in [3.05, 3.63) is 65.2 Å². The molecule has 2 rings (SSSR count). The molecule has 0 aromatic heterocycles. The minimum absolute atomic E-state index is 0.0696. The SMILES string of the molecule is CC(=O)CCCCCCC(=O)NCCCC[C@@H](NC(=O)C(NC(=O)[C@H](N)Cc1ccc(O)c(C)c1)c1ccccc1)C(=O)O. The number of aryl methyl sites for hydroxylation is 1. The number of ketones is 1. The molecular formula is C33H46N4O7. The van der Waals surface area contributed by atoms with E-state index in [2.05, 4.69) is 16.0 Å². The number of nitrogens with two attached hydrogens (primary N) is 1. The Bertz CT molecular complexity index is 1250. The van der Waals surface area contributed by atoms with Gasteiger partial charge in [0.25, 0.3) is 0 Å². The van der Waals surface area contributed by atoms with Gasteiger partial charge in [0.1, 0.15) is 23.6 Å². The number of aliphatic carboxylic acids is 1. The van der Waals surface area contributed by atoms with Crippen molar-refractivity contribution < 1.29 is 34.2 Å². The summed E-state index contributed by atoms with van der Waals surface area (Å²) in [5.41, 5.74) is 8.00. The van der Waals surface area contributed by atoms with Crippen LogP contribution in [0.5, 0.6) is 5.75 Å². The first-order valence-corrected chi connectivity index (χ1v) is 15.2. The molecule has 0 aliphatic rings. The van der Waals surface area contributed by atoms with Gasteiger partial charge in [-0.15, -0.1) is 0 Å². The average molecular weight is 611 g/mol. The van der Waals surface area contributed by atoms with Crippen LogP contribution in [0.4, 0.5) is 0 Å². The predicted molar refractivity (Wildman–Crippen MR) is 167 cm³/mol. The molecule has 11 heteroatoms. The van der Waals surface area contributed by atoms with Crippen molar-refractivity contribution in [3.8, 4) is 5.75 Å². The van der Waals surface area contributed by atoms with Gasteiger partial charge in [0.05, 0.1) is 6.04 Å². The number of rotatable bonds is 20. The molecule has 11 nitrogen and oxygen atoms in total. The van der Waals surface area contributed by atoms with E-state index in [1.807, 2.05) is 0 Å². The highest BCUT2D eigenvalue weighted by Gasteiger charge is 2.29. The molecule has 0 bridgehead atoms. The normalized spacial score (nSPS) is 12.9. The number of phenolic OH excluding ortho intramolecular Hbond substituents is 1. The molecule has 240 valence electrons. The Morgan fingerprint density at radius 3 is 2.16 bits per heavy atom. The summed E-state index contributed by atoms with van der Waals surface area (Å²) in [4.78, 5) is 61.3. The van der Waals surface area contributed by atoms with Crippen LogP contribution >= 0.6 is 0 Å². The van der Waals surface area contributed by atoms with Crippen molar-refractivity contribution in [1.82, 2.24) is 16.0 Å². The molecule has 3 atom stereocenters. The van der Waals surface area contributed by atoms with Crippen molar-refractivity contribution in [2.45, 2.75) is 96.2 Å². The average Bonchev–Trinajstić information content (AvgIpc) is 2.98. The number of carboxylic acid groups (broad SMARTS) is 1. The maximum absolute atomic E-state index is 13.3. The molecule has 0 fully saturated rings. The largest absolute Gasteiger partial charge is 0.508 e. The number of hydrogen-bond donors (Lipinski definition) is 6. The smallest absolute Gasteiger partial charge is 0.326 e. The fraction of sp³-hybridized carbons (Fsp3) is 0.485. The first-order chi connectivity index (χ1) is 21.0. The van der Waals surface area contributed by atoms with Crippen molar-refractivity contribution in [1.29, 1.82) is 0 Å². The highest BCUT2D eigenvalue weighted by molar-refractivity contribution is 5.92. The summed E-state index contributed by atoms with van der Waals surface area (Å²) < 4.78 is 0. The molecule has 2 aromatic carbocycles. The first kappa shape index (κ1) is 35.9. The van der Waals surface area contributed by atoms with E-state index in [1.165, 1.54) is 6.07 Å². The fourth-order valence-corrected chi connectivity index (χ4v) is 4.70. The van der Waals surface area contributed by atoms with Crippen molar-refractivity contribution in [2.24, 2.45) is 5.73 Å². The number of benzene rings is 2. The van der Waals surface area contributed by atoms with Crippen LogP contribution in [-0.2, 0) is 30.4 Å². The number of hydrogen-bond acceptors (Lipinski definition) is 7. The molecule has 7 N–H and O–H groups in total. The summed E-state index contributed by atoms with van der Waals surface area (Å²) in [6.07, 6.45) is 5.65. The molecule has 2 aromatic rings. The number of aromatic hydroxyl groups is 1. The Hall–Kier alpha value is -4.25. The summed E-state index contributed by atoms with van der Waals surface area (Å²) in [7, 11) is 0. The zero-order valence-electron chi connectivity index (χ0n) is 25.6. The molecule has 0 saturated heterocycles. The molecule has 0 saturated carbocycles. The summed E-state index contributed by atoms with van der Waals surface area (Å²) in [5, 5.41) is 27.5. The van der Waals surface area contributed by atoms with Crippen LogP contribution in [0, 0.1) is 6.92 Å². The Morgan fingerprint density at radius 2 is 1.52 bits per heavy atom. The van der Waals surface area contributed by atoms with Gasteiger partial charge in [-0.3, -0.25) is 14.4 Å². The predicted octanol–water partition coefficient (Wildman–Crippen LogP) is 3.21. The first-order valence-electron chi connectivity index (χ1n) is 15.2. The number of carboxylic acids is 1. The van der Waals surface area contributed by atoms with Crippen LogP contribution in [-0.4, -0.2) is 58.3 Å². The minimum Gasteiger partial charge on any atom is -0.508 e. The van der Waals surface area contributed by atoms with E-state index < -0.39 is 35.9 Å². The number of phenols is 1. The van der Waals surface area contributed by atoms with Crippen LogP contribution < -0.4 is 21.7 Å². The third-order valence-electron chi connectivity index (χ3n) is 7.27. The number of carbonyl (C=O) groups is 5. The van der Waals surface area contributed by atoms with Gasteiger partial charge in [0.2, 0.25) is 17.7 Å². The Balaban J connectivity index is 1.87. The topological polar surface area (TPSA) is 188 Å². The second-order valence-electron chi connectivity index (χ2n) is 11.1. The summed E-state index contributed by atoms with van der Waals surface area (Å²) >= 11 is 0. The highest BCUT2D eigenvalue weighted by Crippen LogP contribution is 2.19. The van der Waals surface area contributed by atoms with E-state index in [-0.39, 0.29) is 30.3 Å². The molecule has 0 heterocycles. The maximum atomic E-state index is 13.3. The number of Topliss-reactive ketones (excluding diaryl/α,β-unsaturated/α-hetero) is 1. The third kappa shape index (κ3) is 13.4. The van der Waals surface area contributed by atoms with Gasteiger partial charge >= 0.3 is 5.97 Å². The van der Waals surface area contributed by atoms with E-state index >= 15 is 0 Å². The maximum Gasteiger partial charge on any atom is 0.326 e. The molecule has 44 heavy (non-hydrogen) atoms. The quantitative estimate of drug-likeness (QED) is 0.123. The van der Waals surface area contributed by atoms with Gasteiger partial charge in [0, 0.05) is 19.4 Å². The summed E-state index contributed by atoms with van der Waals surface area (Å²) in [5.74, 6) is -2.23. The Kier molecular flexibility index (Phi) is 15.6. The van der Waals surface area contributed by atoms with Crippen LogP contribution in [0.15, 0.2) is 48.5 Å². The second kappa shape index (κ2) is 19.1. The van der Waals surface area contributed by atoms with E-state index in [0.29, 0.717) is 43.4 Å². The fourth-order valence-electron chi connectivity index (χ4n) is 4.70. The van der Waals surface area contributed by atoms with E-state index in [4.69, 9.17) is 5.73 Å². The third-order valence-corrected chi connectivity index (χ3v) is 7.27. The van der Waals surface area contributed by atoms with Crippen molar-refractivity contribution in [2.75, 3.05) is 6.54 Å². The zero-order chi connectivity index (χ0) is 32.5. The van der Waals surface area contributed by atoms with Gasteiger partial charge in [-0.25, -0.2) is 4.79 Å². The summed E-state index contributed by atoms with van der Waals surface area (Å²) in [6.45, 7) is 3.70. The van der Waals surface area contributed by atoms with E-state index in [1.54, 1.807) is 56.3 Å². The zero-order valence-corrected chi connectivity index (χ0v) is 25.6. The molecule has 1 unspecified atom stereocenters. The molecule has 0 radical (unpaired) electrons. The lowest BCUT2D eigenvalue weighted by Gasteiger charge is -2.23. The minimum atomic E-state index is -1.20. The van der Waals surface area contributed by atoms with Gasteiger partial charge in [-0.05, 0) is 75.1 Å². The monoisotopic (exact) mass is 610 g/mol. The number of carbonyl (C=O) groups excluding carboxylic acids is 4. The summed E-state index contributed by atoms with van der Waals surface area (Å²) in [6, 6.07) is 10.1. The lowest BCUT2D eigenvalue weighted by Crippen LogP contribution is -2.50. The highest BCUT2D eigenvalue weighted by atomic mass is 16.4. The van der Waals surface area contributed by atoms with E-state index in [9.17, 15) is 34.2 Å². The van der Waals surface area contributed by atoms with Crippen LogP contribution in [0.25, 0.3) is 0 Å². The number of unbranched alkanes of at least 4 members (excludes halogenated alkanes) is 4.